The Morgan fingerprint density at radius 3 is 3.18 bits per heavy atom. The first-order chi connectivity index (χ1) is 8.40. The van der Waals surface area contributed by atoms with Crippen molar-refractivity contribution in [1.82, 2.24) is 15.1 Å². The Kier molecular flexibility index (Phi) is 4.80. The van der Waals surface area contributed by atoms with Crippen LogP contribution in [-0.2, 0) is 13.1 Å². The van der Waals surface area contributed by atoms with E-state index in [0.29, 0.717) is 0 Å². The number of nitrogens with one attached hydrogen (secondary N) is 1. The largest absolute Gasteiger partial charge is 0.311 e. The van der Waals surface area contributed by atoms with Crippen LogP contribution in [0.1, 0.15) is 44.7 Å². The first-order valence-electron chi connectivity index (χ1n) is 6.79. The first-order valence-corrected chi connectivity index (χ1v) is 6.79. The average Bonchev–Trinajstić information content (AvgIpc) is 2.96. The summed E-state index contributed by atoms with van der Waals surface area (Å²) in [7, 11) is 0. The van der Waals surface area contributed by atoms with E-state index >= 15 is 0 Å². The molecule has 94 valence electrons. The molecule has 1 N–H and O–H groups in total. The highest BCUT2D eigenvalue weighted by Gasteiger charge is 2.04. The summed E-state index contributed by atoms with van der Waals surface area (Å²) in [5, 5.41) is 7.84. The maximum absolute atomic E-state index is 4.33. The Morgan fingerprint density at radius 1 is 1.47 bits per heavy atom. The maximum atomic E-state index is 4.33. The minimum absolute atomic E-state index is 0.938. The van der Waals surface area contributed by atoms with Gasteiger partial charge in [0.1, 0.15) is 0 Å². The van der Waals surface area contributed by atoms with Gasteiger partial charge >= 0.3 is 0 Å². The van der Waals surface area contributed by atoms with Gasteiger partial charge in [-0.05, 0) is 44.7 Å². The SMILES string of the molecule is CCCn1nccc1CNCCC1=CCCC1. The van der Waals surface area contributed by atoms with Crippen molar-refractivity contribution in [3.05, 3.63) is 29.6 Å². The van der Waals surface area contributed by atoms with Gasteiger partial charge in [-0.15, -0.1) is 0 Å². The number of aromatic nitrogens is 2. The molecule has 1 aromatic rings. The molecule has 0 spiro atoms. The van der Waals surface area contributed by atoms with E-state index in [9.17, 15) is 0 Å². The fourth-order valence-corrected chi connectivity index (χ4v) is 2.35. The predicted molar refractivity (Wildman–Crippen MR) is 70.8 cm³/mol. The maximum Gasteiger partial charge on any atom is 0.0522 e. The molecule has 1 heterocycles. The van der Waals surface area contributed by atoms with Crippen molar-refractivity contribution in [2.75, 3.05) is 6.54 Å². The van der Waals surface area contributed by atoms with Gasteiger partial charge in [0.05, 0.1) is 5.69 Å². The van der Waals surface area contributed by atoms with E-state index in [2.05, 4.69) is 34.2 Å². The normalized spacial score (nSPS) is 15.2. The fraction of sp³-hybridized carbons (Fsp3) is 0.643. The summed E-state index contributed by atoms with van der Waals surface area (Å²) < 4.78 is 2.10. The number of rotatable bonds is 7. The molecule has 0 saturated heterocycles. The van der Waals surface area contributed by atoms with Gasteiger partial charge in [0.2, 0.25) is 0 Å². The molecule has 1 aliphatic carbocycles. The van der Waals surface area contributed by atoms with E-state index in [0.717, 1.165) is 26.1 Å². The number of hydrogen-bond donors (Lipinski definition) is 1. The average molecular weight is 233 g/mol. The van der Waals surface area contributed by atoms with Crippen LogP contribution in [0.3, 0.4) is 0 Å². The smallest absolute Gasteiger partial charge is 0.0522 e. The molecule has 17 heavy (non-hydrogen) atoms. The summed E-state index contributed by atoms with van der Waals surface area (Å²) in [6.07, 6.45) is 10.6. The molecule has 0 amide bonds. The third kappa shape index (κ3) is 3.70. The Bertz CT molecular complexity index is 365. The zero-order chi connectivity index (χ0) is 11.9. The molecule has 0 fully saturated rings. The molecule has 0 atom stereocenters. The summed E-state index contributed by atoms with van der Waals surface area (Å²) >= 11 is 0. The highest BCUT2D eigenvalue weighted by Crippen LogP contribution is 2.19. The summed E-state index contributed by atoms with van der Waals surface area (Å²) in [5.41, 5.74) is 2.94. The van der Waals surface area contributed by atoms with Crippen molar-refractivity contribution in [2.45, 2.75) is 52.1 Å². The summed E-state index contributed by atoms with van der Waals surface area (Å²) in [4.78, 5) is 0. The van der Waals surface area contributed by atoms with Crippen LogP contribution in [0.2, 0.25) is 0 Å². The fourth-order valence-electron chi connectivity index (χ4n) is 2.35. The van der Waals surface area contributed by atoms with E-state index in [-0.39, 0.29) is 0 Å². The van der Waals surface area contributed by atoms with Crippen LogP contribution in [0.25, 0.3) is 0 Å². The van der Waals surface area contributed by atoms with Gasteiger partial charge in [0, 0.05) is 19.3 Å². The third-order valence-electron chi connectivity index (χ3n) is 3.30. The number of aryl methyl sites for hydroxylation is 1. The van der Waals surface area contributed by atoms with Crippen LogP contribution in [0.5, 0.6) is 0 Å². The van der Waals surface area contributed by atoms with E-state index < -0.39 is 0 Å². The number of hydrogen-bond acceptors (Lipinski definition) is 2. The second-order valence-corrected chi connectivity index (χ2v) is 4.73. The molecule has 0 aliphatic heterocycles. The molecule has 0 bridgehead atoms. The van der Waals surface area contributed by atoms with Crippen LogP contribution in [0.4, 0.5) is 0 Å². The van der Waals surface area contributed by atoms with Gasteiger partial charge < -0.3 is 5.32 Å². The van der Waals surface area contributed by atoms with Gasteiger partial charge in [0.15, 0.2) is 0 Å². The van der Waals surface area contributed by atoms with Gasteiger partial charge in [0.25, 0.3) is 0 Å². The molecule has 0 aromatic carbocycles. The summed E-state index contributed by atoms with van der Waals surface area (Å²) in [6.45, 7) is 5.23. The lowest BCUT2D eigenvalue weighted by atomic mass is 10.2. The highest BCUT2D eigenvalue weighted by molar-refractivity contribution is 5.07. The molecule has 2 rings (SSSR count). The van der Waals surface area contributed by atoms with Gasteiger partial charge in [-0.1, -0.05) is 18.6 Å². The second-order valence-electron chi connectivity index (χ2n) is 4.73. The van der Waals surface area contributed by atoms with Crippen molar-refractivity contribution in [3.63, 3.8) is 0 Å². The first kappa shape index (κ1) is 12.4. The molecule has 1 aromatic heterocycles. The van der Waals surface area contributed by atoms with E-state index in [1.165, 1.54) is 31.4 Å². The topological polar surface area (TPSA) is 29.9 Å². The number of allylic oxidation sites excluding steroid dienone is 1. The molecule has 1 aliphatic rings. The lowest BCUT2D eigenvalue weighted by Crippen LogP contribution is -2.18. The molecular formula is C14H23N3. The van der Waals surface area contributed by atoms with Crippen LogP contribution in [0, 0.1) is 0 Å². The van der Waals surface area contributed by atoms with Crippen LogP contribution >= 0.6 is 0 Å². The van der Waals surface area contributed by atoms with Crippen molar-refractivity contribution >= 4 is 0 Å². The Morgan fingerprint density at radius 2 is 2.41 bits per heavy atom. The quantitative estimate of drug-likeness (QED) is 0.579. The molecular weight excluding hydrogens is 210 g/mol. The van der Waals surface area contributed by atoms with Crippen LogP contribution < -0.4 is 5.32 Å². The van der Waals surface area contributed by atoms with Crippen LogP contribution in [-0.4, -0.2) is 16.3 Å². The third-order valence-corrected chi connectivity index (χ3v) is 3.30. The Balaban J connectivity index is 1.68. The Hall–Kier alpha value is -1.09. The molecule has 0 unspecified atom stereocenters. The van der Waals surface area contributed by atoms with E-state index in [1.807, 2.05) is 6.20 Å². The second kappa shape index (κ2) is 6.60. The zero-order valence-corrected chi connectivity index (χ0v) is 10.8. The highest BCUT2D eigenvalue weighted by atomic mass is 15.3. The monoisotopic (exact) mass is 233 g/mol. The minimum atomic E-state index is 0.938. The molecule has 0 radical (unpaired) electrons. The number of nitrogens with zero attached hydrogens (tertiary/aromatic N) is 2. The standard InChI is InChI=1S/C14H23N3/c1-2-11-17-14(8-10-16-17)12-15-9-7-13-5-3-4-6-13/h5,8,10,15H,2-4,6-7,9,11-12H2,1H3. The summed E-state index contributed by atoms with van der Waals surface area (Å²) in [5.74, 6) is 0. The van der Waals surface area contributed by atoms with Gasteiger partial charge in [-0.3, -0.25) is 4.68 Å². The lowest BCUT2D eigenvalue weighted by molar-refractivity contribution is 0.549. The predicted octanol–water partition coefficient (Wildman–Crippen LogP) is 2.88. The lowest BCUT2D eigenvalue weighted by Gasteiger charge is -2.08. The van der Waals surface area contributed by atoms with Crippen molar-refractivity contribution in [2.24, 2.45) is 0 Å². The van der Waals surface area contributed by atoms with Gasteiger partial charge in [-0.2, -0.15) is 5.10 Å². The van der Waals surface area contributed by atoms with Crippen molar-refractivity contribution in [3.8, 4) is 0 Å². The minimum Gasteiger partial charge on any atom is -0.311 e. The molecule has 0 saturated carbocycles. The Labute approximate surface area is 104 Å². The van der Waals surface area contributed by atoms with E-state index in [1.54, 1.807) is 5.57 Å². The summed E-state index contributed by atoms with van der Waals surface area (Å²) in [6, 6.07) is 2.11. The van der Waals surface area contributed by atoms with Gasteiger partial charge in [-0.25, -0.2) is 0 Å². The zero-order valence-electron chi connectivity index (χ0n) is 10.8. The molecule has 3 heteroatoms. The van der Waals surface area contributed by atoms with E-state index in [4.69, 9.17) is 0 Å². The van der Waals surface area contributed by atoms with Crippen molar-refractivity contribution in [1.29, 1.82) is 0 Å². The molecule has 3 nitrogen and oxygen atoms in total. The van der Waals surface area contributed by atoms with Crippen molar-refractivity contribution < 1.29 is 0 Å². The van der Waals surface area contributed by atoms with Crippen LogP contribution in [0.15, 0.2) is 23.9 Å².